The summed E-state index contributed by atoms with van der Waals surface area (Å²) in [5.41, 5.74) is 1.01. The molecule has 0 unspecified atom stereocenters. The van der Waals surface area contributed by atoms with Crippen molar-refractivity contribution in [2.75, 3.05) is 12.9 Å². The van der Waals surface area contributed by atoms with Crippen LogP contribution in [0.5, 0.6) is 0 Å². The highest BCUT2D eigenvalue weighted by Gasteiger charge is 2.06. The zero-order valence-electron chi connectivity index (χ0n) is 6.88. The number of carbonyl (C=O) groups is 1. The van der Waals surface area contributed by atoms with Gasteiger partial charge in [0.25, 0.3) is 0 Å². The topological polar surface area (TPSA) is 36.1 Å². The van der Waals surface area contributed by atoms with Gasteiger partial charge in [-0.1, -0.05) is 0 Å². The molecule has 4 heteroatoms. The highest BCUT2D eigenvalue weighted by Crippen LogP contribution is 1.99. The molecule has 1 aromatic heterocycles. The Morgan fingerprint density at radius 2 is 2.50 bits per heavy atom. The van der Waals surface area contributed by atoms with Gasteiger partial charge in [-0.15, -0.1) is 11.6 Å². The van der Waals surface area contributed by atoms with Crippen LogP contribution in [0.4, 0.5) is 0 Å². The van der Waals surface area contributed by atoms with E-state index < -0.39 is 0 Å². The average molecular weight is 187 g/mol. The Kier molecular flexibility index (Phi) is 3.17. The van der Waals surface area contributed by atoms with E-state index in [2.05, 4.69) is 4.98 Å². The van der Waals surface area contributed by atoms with Crippen LogP contribution >= 0.6 is 11.6 Å². The second-order valence-corrected chi connectivity index (χ2v) is 2.85. The number of nitrogens with zero attached hydrogens (tertiary/aromatic N) is 1. The minimum atomic E-state index is -0.0636. The normalized spacial score (nSPS) is 9.83. The number of amides is 1. The van der Waals surface area contributed by atoms with Gasteiger partial charge in [0.15, 0.2) is 0 Å². The maximum atomic E-state index is 11.0. The van der Waals surface area contributed by atoms with Crippen LogP contribution in [0.25, 0.3) is 0 Å². The molecule has 0 bridgehead atoms. The zero-order valence-corrected chi connectivity index (χ0v) is 7.64. The maximum Gasteiger partial charge on any atom is 0.237 e. The van der Waals surface area contributed by atoms with Crippen LogP contribution in [-0.2, 0) is 11.3 Å². The lowest BCUT2D eigenvalue weighted by atomic mass is 10.4. The van der Waals surface area contributed by atoms with Crippen LogP contribution in [0.15, 0.2) is 18.3 Å². The highest BCUT2D eigenvalue weighted by molar-refractivity contribution is 6.27. The van der Waals surface area contributed by atoms with Gasteiger partial charge >= 0.3 is 0 Å². The van der Waals surface area contributed by atoms with Crippen molar-refractivity contribution in [1.29, 1.82) is 0 Å². The lowest BCUT2D eigenvalue weighted by Gasteiger charge is -2.14. The van der Waals surface area contributed by atoms with Gasteiger partial charge in [-0.25, -0.2) is 0 Å². The van der Waals surface area contributed by atoms with E-state index in [1.165, 1.54) is 0 Å². The third kappa shape index (κ3) is 2.27. The maximum absolute atomic E-state index is 11.0. The van der Waals surface area contributed by atoms with Crippen molar-refractivity contribution in [1.82, 2.24) is 9.88 Å². The van der Waals surface area contributed by atoms with E-state index in [9.17, 15) is 4.79 Å². The van der Waals surface area contributed by atoms with E-state index in [-0.39, 0.29) is 11.8 Å². The number of aromatic amines is 1. The minimum Gasteiger partial charge on any atom is -0.364 e. The molecule has 1 rings (SSSR count). The van der Waals surface area contributed by atoms with Crippen LogP contribution in [-0.4, -0.2) is 28.7 Å². The van der Waals surface area contributed by atoms with Gasteiger partial charge in [0, 0.05) is 18.9 Å². The molecule has 66 valence electrons. The van der Waals surface area contributed by atoms with Gasteiger partial charge in [0.1, 0.15) is 5.88 Å². The number of aromatic nitrogens is 1. The molecule has 0 spiro atoms. The Hall–Kier alpha value is -0.960. The number of H-pyrrole nitrogens is 1. The summed E-state index contributed by atoms with van der Waals surface area (Å²) in [6, 6.07) is 3.83. The number of nitrogens with one attached hydrogen (secondary N) is 1. The molecule has 0 saturated heterocycles. The first-order chi connectivity index (χ1) is 5.74. The van der Waals surface area contributed by atoms with Crippen molar-refractivity contribution in [3.8, 4) is 0 Å². The standard InChI is InChI=1S/C8H11ClN2O/c1-11(8(12)5-9)6-7-3-2-4-10-7/h2-4,10H,5-6H2,1H3. The van der Waals surface area contributed by atoms with E-state index in [1.807, 2.05) is 18.3 Å². The predicted molar refractivity (Wildman–Crippen MR) is 48.0 cm³/mol. The Morgan fingerprint density at radius 1 is 1.75 bits per heavy atom. The van der Waals surface area contributed by atoms with Crippen LogP contribution in [0.2, 0.25) is 0 Å². The van der Waals surface area contributed by atoms with Crippen LogP contribution in [0.1, 0.15) is 5.69 Å². The second kappa shape index (κ2) is 4.16. The lowest BCUT2D eigenvalue weighted by Crippen LogP contribution is -2.27. The van der Waals surface area contributed by atoms with Gasteiger partial charge in [-0.2, -0.15) is 0 Å². The minimum absolute atomic E-state index is 0.0389. The number of hydrogen-bond acceptors (Lipinski definition) is 1. The molecule has 0 radical (unpaired) electrons. The number of rotatable bonds is 3. The Morgan fingerprint density at radius 3 is 3.00 bits per heavy atom. The van der Waals surface area contributed by atoms with Crippen molar-refractivity contribution < 1.29 is 4.79 Å². The summed E-state index contributed by atoms with van der Waals surface area (Å²) in [6.07, 6.45) is 1.83. The fraction of sp³-hybridized carbons (Fsp3) is 0.375. The molecule has 0 saturated carbocycles. The highest BCUT2D eigenvalue weighted by atomic mass is 35.5. The molecule has 0 atom stereocenters. The first-order valence-corrected chi connectivity index (χ1v) is 4.19. The SMILES string of the molecule is CN(Cc1ccc[nH]1)C(=O)CCl. The van der Waals surface area contributed by atoms with Gasteiger partial charge in [-0.3, -0.25) is 4.79 Å². The van der Waals surface area contributed by atoms with E-state index in [4.69, 9.17) is 11.6 Å². The fourth-order valence-electron chi connectivity index (χ4n) is 0.912. The smallest absolute Gasteiger partial charge is 0.237 e. The van der Waals surface area contributed by atoms with Crippen molar-refractivity contribution in [3.05, 3.63) is 24.0 Å². The average Bonchev–Trinajstić information content (AvgIpc) is 2.55. The summed E-state index contributed by atoms with van der Waals surface area (Å²) in [5.74, 6) is -0.0247. The van der Waals surface area contributed by atoms with Crippen molar-refractivity contribution in [3.63, 3.8) is 0 Å². The quantitative estimate of drug-likeness (QED) is 0.708. The molecule has 3 nitrogen and oxygen atoms in total. The third-order valence-electron chi connectivity index (χ3n) is 1.61. The molecular weight excluding hydrogens is 176 g/mol. The van der Waals surface area contributed by atoms with E-state index in [0.29, 0.717) is 6.54 Å². The summed E-state index contributed by atoms with van der Waals surface area (Å²) in [7, 11) is 1.73. The predicted octanol–water partition coefficient (Wildman–Crippen LogP) is 1.21. The van der Waals surface area contributed by atoms with Crippen LogP contribution < -0.4 is 0 Å². The second-order valence-electron chi connectivity index (χ2n) is 2.58. The molecule has 0 aliphatic carbocycles. The molecule has 1 aromatic rings. The molecule has 1 heterocycles. The monoisotopic (exact) mass is 186 g/mol. The van der Waals surface area contributed by atoms with Gasteiger partial charge in [-0.05, 0) is 12.1 Å². The summed E-state index contributed by atoms with van der Waals surface area (Å²) < 4.78 is 0. The van der Waals surface area contributed by atoms with Crippen molar-refractivity contribution in [2.24, 2.45) is 0 Å². The molecule has 0 aromatic carbocycles. The molecule has 1 N–H and O–H groups in total. The van der Waals surface area contributed by atoms with Gasteiger partial charge in [0.05, 0.1) is 6.54 Å². The van der Waals surface area contributed by atoms with E-state index in [1.54, 1.807) is 11.9 Å². The largest absolute Gasteiger partial charge is 0.364 e. The van der Waals surface area contributed by atoms with Crippen molar-refractivity contribution in [2.45, 2.75) is 6.54 Å². The molecule has 0 fully saturated rings. The summed E-state index contributed by atoms with van der Waals surface area (Å²) in [5, 5.41) is 0. The first kappa shape index (κ1) is 9.13. The fourth-order valence-corrected chi connectivity index (χ4v) is 1.12. The molecule has 0 aliphatic rings. The Bertz CT molecular complexity index is 246. The number of halogens is 1. The molecular formula is C8H11ClN2O. The van der Waals surface area contributed by atoms with Gasteiger partial charge < -0.3 is 9.88 Å². The van der Waals surface area contributed by atoms with Gasteiger partial charge in [0.2, 0.25) is 5.91 Å². The Labute approximate surface area is 76.3 Å². The Balaban J connectivity index is 2.47. The number of carbonyl (C=O) groups excluding carboxylic acids is 1. The molecule has 1 amide bonds. The third-order valence-corrected chi connectivity index (χ3v) is 1.84. The van der Waals surface area contributed by atoms with Crippen molar-refractivity contribution >= 4 is 17.5 Å². The van der Waals surface area contributed by atoms with E-state index >= 15 is 0 Å². The first-order valence-electron chi connectivity index (χ1n) is 3.66. The number of alkyl halides is 1. The lowest BCUT2D eigenvalue weighted by molar-refractivity contribution is -0.127. The van der Waals surface area contributed by atoms with Crippen LogP contribution in [0.3, 0.4) is 0 Å². The molecule has 12 heavy (non-hydrogen) atoms. The van der Waals surface area contributed by atoms with Crippen LogP contribution in [0, 0.1) is 0 Å². The number of hydrogen-bond donors (Lipinski definition) is 1. The summed E-state index contributed by atoms with van der Waals surface area (Å²) >= 11 is 5.39. The van der Waals surface area contributed by atoms with E-state index in [0.717, 1.165) is 5.69 Å². The molecule has 0 aliphatic heterocycles. The summed E-state index contributed by atoms with van der Waals surface area (Å²) in [6.45, 7) is 0.582. The summed E-state index contributed by atoms with van der Waals surface area (Å²) in [4.78, 5) is 15.6. The zero-order chi connectivity index (χ0) is 8.97.